The van der Waals surface area contributed by atoms with Crippen molar-refractivity contribution in [3.63, 3.8) is 0 Å². The van der Waals surface area contributed by atoms with E-state index in [1.54, 1.807) is 7.05 Å². The van der Waals surface area contributed by atoms with Crippen LogP contribution in [0.3, 0.4) is 0 Å². The first-order chi connectivity index (χ1) is 12.8. The van der Waals surface area contributed by atoms with E-state index in [1.165, 1.54) is 10.9 Å². The number of anilines is 1. The summed E-state index contributed by atoms with van der Waals surface area (Å²) in [6, 6.07) is 0. The van der Waals surface area contributed by atoms with Crippen molar-refractivity contribution in [3.8, 4) is 0 Å². The number of sulfonamides is 1. The standard InChI is InChI=1S/C14H20N6O6S/c1-3-27(24,25)17-4-8-18-12(15-2)9-13(19-8)20(6-16-9)14-11(23)10(22)7(5-21)26-14/h3,6-7,10-11,14,17,21-23H,1,4-5H2,2H3,(H,15,18,19)/t7-,10-,11-,14-/m1/s1. The van der Waals surface area contributed by atoms with Gasteiger partial charge in [-0.1, -0.05) is 6.58 Å². The molecule has 2 aromatic rings. The Kier molecular flexibility index (Phi) is 5.41. The lowest BCUT2D eigenvalue weighted by atomic mass is 10.1. The van der Waals surface area contributed by atoms with Gasteiger partial charge in [-0.15, -0.1) is 0 Å². The van der Waals surface area contributed by atoms with Gasteiger partial charge < -0.3 is 25.4 Å². The Morgan fingerprint density at radius 1 is 1.37 bits per heavy atom. The number of rotatable bonds is 7. The fourth-order valence-electron chi connectivity index (χ4n) is 2.74. The molecular weight excluding hydrogens is 380 g/mol. The van der Waals surface area contributed by atoms with Gasteiger partial charge in [0.25, 0.3) is 0 Å². The highest BCUT2D eigenvalue weighted by molar-refractivity contribution is 7.92. The molecule has 0 amide bonds. The van der Waals surface area contributed by atoms with Gasteiger partial charge in [-0.3, -0.25) is 4.57 Å². The summed E-state index contributed by atoms with van der Waals surface area (Å²) in [5.74, 6) is 0.490. The molecular formula is C14H20N6O6S. The van der Waals surface area contributed by atoms with Crippen molar-refractivity contribution in [3.05, 3.63) is 24.1 Å². The molecule has 27 heavy (non-hydrogen) atoms. The molecule has 0 spiro atoms. The first kappa shape index (κ1) is 19.6. The molecule has 12 nitrogen and oxygen atoms in total. The number of aromatic nitrogens is 4. The predicted molar refractivity (Wildman–Crippen MR) is 93.8 cm³/mol. The maximum atomic E-state index is 11.5. The summed E-state index contributed by atoms with van der Waals surface area (Å²) < 4.78 is 32.3. The Labute approximate surface area is 154 Å². The van der Waals surface area contributed by atoms with Gasteiger partial charge in [-0.2, -0.15) is 0 Å². The average Bonchev–Trinajstić information content (AvgIpc) is 3.21. The van der Waals surface area contributed by atoms with Crippen LogP contribution in [0, 0.1) is 0 Å². The minimum absolute atomic E-state index is 0.144. The largest absolute Gasteiger partial charge is 0.394 e. The molecule has 1 aliphatic heterocycles. The van der Waals surface area contributed by atoms with Crippen molar-refractivity contribution < 1.29 is 28.5 Å². The molecule has 4 atom stereocenters. The van der Waals surface area contributed by atoms with E-state index >= 15 is 0 Å². The molecule has 0 aliphatic carbocycles. The summed E-state index contributed by atoms with van der Waals surface area (Å²) in [6.45, 7) is 2.55. The molecule has 148 valence electrons. The SMILES string of the molecule is C=CS(=O)(=O)NCc1nc(NC)c2ncn([C@@H]3O[C@H](CO)[C@@H](O)[C@H]3O)c2n1. The van der Waals surface area contributed by atoms with Gasteiger partial charge in [0.2, 0.25) is 10.0 Å². The van der Waals surface area contributed by atoms with E-state index in [2.05, 4.69) is 31.6 Å². The van der Waals surface area contributed by atoms with E-state index in [9.17, 15) is 23.7 Å². The van der Waals surface area contributed by atoms with E-state index in [-0.39, 0.29) is 18.0 Å². The number of imidazole rings is 1. The molecule has 5 N–H and O–H groups in total. The van der Waals surface area contributed by atoms with Gasteiger partial charge in [-0.05, 0) is 0 Å². The second-order valence-corrected chi connectivity index (χ2v) is 7.54. The first-order valence-corrected chi connectivity index (χ1v) is 9.51. The van der Waals surface area contributed by atoms with Crippen LogP contribution in [0.5, 0.6) is 0 Å². The second kappa shape index (κ2) is 7.46. The molecule has 3 heterocycles. The van der Waals surface area contributed by atoms with Crippen LogP contribution >= 0.6 is 0 Å². The summed E-state index contributed by atoms with van der Waals surface area (Å²) in [5.41, 5.74) is 0.627. The highest BCUT2D eigenvalue weighted by Gasteiger charge is 2.44. The van der Waals surface area contributed by atoms with Gasteiger partial charge >= 0.3 is 0 Å². The van der Waals surface area contributed by atoms with Crippen molar-refractivity contribution in [2.45, 2.75) is 31.1 Å². The van der Waals surface area contributed by atoms with E-state index in [0.717, 1.165) is 5.41 Å². The van der Waals surface area contributed by atoms with Gasteiger partial charge in [0.15, 0.2) is 23.2 Å². The molecule has 3 rings (SSSR count). The number of aliphatic hydroxyl groups is 3. The minimum Gasteiger partial charge on any atom is -0.394 e. The molecule has 1 saturated heterocycles. The third-order valence-electron chi connectivity index (χ3n) is 4.15. The second-order valence-electron chi connectivity index (χ2n) is 5.82. The van der Waals surface area contributed by atoms with E-state index in [1.807, 2.05) is 0 Å². The molecule has 0 unspecified atom stereocenters. The fourth-order valence-corrected chi connectivity index (χ4v) is 3.18. The quantitative estimate of drug-likeness (QED) is 0.351. The van der Waals surface area contributed by atoms with Crippen LogP contribution in [0.15, 0.2) is 18.3 Å². The summed E-state index contributed by atoms with van der Waals surface area (Å²) in [4.78, 5) is 12.7. The van der Waals surface area contributed by atoms with Gasteiger partial charge in [0.1, 0.15) is 24.1 Å². The number of ether oxygens (including phenoxy) is 1. The number of nitrogens with one attached hydrogen (secondary N) is 2. The fraction of sp³-hybridized carbons (Fsp3) is 0.500. The topological polar surface area (TPSA) is 172 Å². The lowest BCUT2D eigenvalue weighted by Crippen LogP contribution is -2.33. The number of hydrogen-bond donors (Lipinski definition) is 5. The van der Waals surface area contributed by atoms with Gasteiger partial charge in [-0.25, -0.2) is 28.1 Å². The highest BCUT2D eigenvalue weighted by Crippen LogP contribution is 2.32. The highest BCUT2D eigenvalue weighted by atomic mass is 32.2. The number of hydrogen-bond acceptors (Lipinski definition) is 10. The lowest BCUT2D eigenvalue weighted by molar-refractivity contribution is -0.0511. The summed E-state index contributed by atoms with van der Waals surface area (Å²) in [6.07, 6.45) is -3.21. The van der Waals surface area contributed by atoms with Crippen molar-refractivity contribution in [1.29, 1.82) is 0 Å². The zero-order chi connectivity index (χ0) is 19.8. The molecule has 13 heteroatoms. The number of fused-ring (bicyclic) bond motifs is 1. The van der Waals surface area contributed by atoms with Crippen LogP contribution in [-0.4, -0.2) is 75.2 Å². The predicted octanol–water partition coefficient (Wildman–Crippen LogP) is -1.96. The molecule has 0 radical (unpaired) electrons. The smallest absolute Gasteiger partial charge is 0.233 e. The third kappa shape index (κ3) is 3.65. The maximum Gasteiger partial charge on any atom is 0.233 e. The van der Waals surface area contributed by atoms with Crippen molar-refractivity contribution >= 4 is 27.0 Å². The van der Waals surface area contributed by atoms with Crippen LogP contribution in [0.4, 0.5) is 5.82 Å². The Morgan fingerprint density at radius 3 is 2.70 bits per heavy atom. The van der Waals surface area contributed by atoms with Crippen LogP contribution in [0.25, 0.3) is 11.2 Å². The molecule has 2 aromatic heterocycles. The van der Waals surface area contributed by atoms with Crippen LogP contribution in [0.2, 0.25) is 0 Å². The lowest BCUT2D eigenvalue weighted by Gasteiger charge is -2.17. The maximum absolute atomic E-state index is 11.5. The number of nitrogens with zero attached hydrogens (tertiary/aromatic N) is 4. The van der Waals surface area contributed by atoms with E-state index < -0.39 is 41.2 Å². The zero-order valence-electron chi connectivity index (χ0n) is 14.3. The van der Waals surface area contributed by atoms with E-state index in [0.29, 0.717) is 11.3 Å². The minimum atomic E-state index is -3.66. The zero-order valence-corrected chi connectivity index (χ0v) is 15.2. The Bertz CT molecular complexity index is 947. The third-order valence-corrected chi connectivity index (χ3v) is 5.13. The normalized spacial score (nSPS) is 25.8. The molecule has 1 aliphatic rings. The molecule has 0 aromatic carbocycles. The molecule has 0 saturated carbocycles. The van der Waals surface area contributed by atoms with Crippen molar-refractivity contribution in [2.75, 3.05) is 19.0 Å². The number of aliphatic hydroxyl groups excluding tert-OH is 3. The first-order valence-electron chi connectivity index (χ1n) is 7.97. The van der Waals surface area contributed by atoms with Crippen LogP contribution in [-0.2, 0) is 21.3 Å². The summed E-state index contributed by atoms with van der Waals surface area (Å²) >= 11 is 0. The van der Waals surface area contributed by atoms with Crippen molar-refractivity contribution in [2.24, 2.45) is 0 Å². The van der Waals surface area contributed by atoms with E-state index in [4.69, 9.17) is 4.74 Å². The Morgan fingerprint density at radius 2 is 2.11 bits per heavy atom. The monoisotopic (exact) mass is 400 g/mol. The van der Waals surface area contributed by atoms with Gasteiger partial charge in [0.05, 0.1) is 19.5 Å². The van der Waals surface area contributed by atoms with Gasteiger partial charge in [0, 0.05) is 12.5 Å². The summed E-state index contributed by atoms with van der Waals surface area (Å²) in [7, 11) is -2.05. The van der Waals surface area contributed by atoms with Crippen molar-refractivity contribution in [1.82, 2.24) is 24.2 Å². The molecule has 1 fully saturated rings. The average molecular weight is 400 g/mol. The molecule has 0 bridgehead atoms. The Balaban J connectivity index is 2.00. The summed E-state index contributed by atoms with van der Waals surface area (Å²) in [5, 5.41) is 33.1. The van der Waals surface area contributed by atoms with Crippen LogP contribution < -0.4 is 10.0 Å². The van der Waals surface area contributed by atoms with Crippen LogP contribution in [0.1, 0.15) is 12.1 Å². The Hall–Kier alpha value is -2.16.